The van der Waals surface area contributed by atoms with Gasteiger partial charge in [0.05, 0.1) is 0 Å². The predicted molar refractivity (Wildman–Crippen MR) is 78.8 cm³/mol. The summed E-state index contributed by atoms with van der Waals surface area (Å²) in [4.78, 5) is 4.07. The summed E-state index contributed by atoms with van der Waals surface area (Å²) in [5.74, 6) is 0. The van der Waals surface area contributed by atoms with Crippen LogP contribution in [0.5, 0.6) is 0 Å². The van der Waals surface area contributed by atoms with E-state index in [1.807, 2.05) is 12.4 Å². The normalized spacial score (nSPS) is 12.6. The molecule has 2 nitrogen and oxygen atoms in total. The topological polar surface area (TPSA) is 24.9 Å². The molecule has 1 atom stereocenters. The number of aryl methyl sites for hydroxylation is 1. The van der Waals surface area contributed by atoms with Gasteiger partial charge in [-0.3, -0.25) is 4.98 Å². The molecule has 2 heteroatoms. The first-order valence-corrected chi connectivity index (χ1v) is 7.49. The van der Waals surface area contributed by atoms with E-state index in [1.165, 1.54) is 44.1 Å². The highest BCUT2D eigenvalue weighted by Crippen LogP contribution is 2.10. The maximum Gasteiger partial charge on any atom is 0.0270 e. The van der Waals surface area contributed by atoms with Gasteiger partial charge in [0.1, 0.15) is 0 Å². The number of aromatic nitrogens is 1. The van der Waals surface area contributed by atoms with Gasteiger partial charge in [0.2, 0.25) is 0 Å². The van der Waals surface area contributed by atoms with Crippen molar-refractivity contribution in [3.8, 4) is 0 Å². The molecule has 0 aliphatic heterocycles. The maximum atomic E-state index is 4.07. The van der Waals surface area contributed by atoms with Crippen molar-refractivity contribution in [1.29, 1.82) is 0 Å². The molecule has 18 heavy (non-hydrogen) atoms. The molecular formula is C16H28N2. The third kappa shape index (κ3) is 6.75. The highest BCUT2D eigenvalue weighted by Gasteiger charge is 2.07. The summed E-state index contributed by atoms with van der Waals surface area (Å²) in [6, 6.07) is 4.94. The molecule has 1 heterocycles. The van der Waals surface area contributed by atoms with Crippen LogP contribution >= 0.6 is 0 Å². The third-order valence-electron chi connectivity index (χ3n) is 3.37. The van der Waals surface area contributed by atoms with Crippen LogP contribution in [0.4, 0.5) is 0 Å². The molecule has 0 saturated carbocycles. The van der Waals surface area contributed by atoms with Gasteiger partial charge >= 0.3 is 0 Å². The van der Waals surface area contributed by atoms with E-state index in [0.29, 0.717) is 6.04 Å². The largest absolute Gasteiger partial charge is 0.314 e. The molecule has 1 aromatic heterocycles. The van der Waals surface area contributed by atoms with E-state index in [1.54, 1.807) is 0 Å². The van der Waals surface area contributed by atoms with E-state index in [4.69, 9.17) is 0 Å². The smallest absolute Gasteiger partial charge is 0.0270 e. The van der Waals surface area contributed by atoms with Gasteiger partial charge < -0.3 is 5.32 Å². The first-order valence-electron chi connectivity index (χ1n) is 7.49. The Labute approximate surface area is 112 Å². The fraction of sp³-hybridized carbons (Fsp3) is 0.688. The van der Waals surface area contributed by atoms with E-state index in [9.17, 15) is 0 Å². The summed E-state index contributed by atoms with van der Waals surface area (Å²) in [7, 11) is 0. The van der Waals surface area contributed by atoms with Crippen LogP contribution < -0.4 is 5.32 Å². The lowest BCUT2D eigenvalue weighted by molar-refractivity contribution is 0.435. The lowest BCUT2D eigenvalue weighted by atomic mass is 10.0. The van der Waals surface area contributed by atoms with Gasteiger partial charge in [-0.15, -0.1) is 0 Å². The molecule has 1 aromatic rings. The second-order valence-corrected chi connectivity index (χ2v) is 5.04. The molecule has 1 N–H and O–H groups in total. The van der Waals surface area contributed by atoms with E-state index in [-0.39, 0.29) is 0 Å². The van der Waals surface area contributed by atoms with E-state index < -0.39 is 0 Å². The second-order valence-electron chi connectivity index (χ2n) is 5.04. The second kappa shape index (κ2) is 10.1. The van der Waals surface area contributed by atoms with Gasteiger partial charge in [0, 0.05) is 18.4 Å². The Morgan fingerprint density at radius 1 is 1.06 bits per heavy atom. The molecule has 102 valence electrons. The highest BCUT2D eigenvalue weighted by molar-refractivity contribution is 5.09. The number of nitrogens with one attached hydrogen (secondary N) is 1. The van der Waals surface area contributed by atoms with Crippen LogP contribution in [-0.4, -0.2) is 17.6 Å². The minimum absolute atomic E-state index is 0.685. The van der Waals surface area contributed by atoms with Gasteiger partial charge in [0.15, 0.2) is 0 Å². The number of hydrogen-bond acceptors (Lipinski definition) is 2. The molecule has 1 rings (SSSR count). The molecule has 0 saturated heterocycles. The first-order chi connectivity index (χ1) is 8.86. The lowest BCUT2D eigenvalue weighted by Gasteiger charge is -2.18. The zero-order chi connectivity index (χ0) is 13.1. The van der Waals surface area contributed by atoms with Gasteiger partial charge in [-0.2, -0.15) is 0 Å². The summed E-state index contributed by atoms with van der Waals surface area (Å²) >= 11 is 0. The monoisotopic (exact) mass is 248 g/mol. The van der Waals surface area contributed by atoms with Crippen LogP contribution in [0, 0.1) is 0 Å². The number of rotatable bonds is 10. The van der Waals surface area contributed by atoms with Crippen molar-refractivity contribution in [3.63, 3.8) is 0 Å². The third-order valence-corrected chi connectivity index (χ3v) is 3.37. The highest BCUT2D eigenvalue weighted by atomic mass is 14.9. The van der Waals surface area contributed by atoms with Crippen LogP contribution in [0.15, 0.2) is 24.5 Å². The number of pyridine rings is 1. The molecular weight excluding hydrogens is 220 g/mol. The van der Waals surface area contributed by atoms with Crippen molar-refractivity contribution in [2.75, 3.05) is 6.54 Å². The quantitative estimate of drug-likeness (QED) is 0.634. The zero-order valence-corrected chi connectivity index (χ0v) is 12.0. The van der Waals surface area contributed by atoms with Gasteiger partial charge in [0.25, 0.3) is 0 Å². The molecule has 0 amide bonds. The van der Waals surface area contributed by atoms with Crippen LogP contribution in [0.2, 0.25) is 0 Å². The Balaban J connectivity index is 2.30. The molecule has 0 radical (unpaired) electrons. The van der Waals surface area contributed by atoms with E-state index in [2.05, 4.69) is 36.3 Å². The minimum atomic E-state index is 0.685. The van der Waals surface area contributed by atoms with Gasteiger partial charge in [-0.1, -0.05) is 33.1 Å². The molecule has 0 bridgehead atoms. The zero-order valence-electron chi connectivity index (χ0n) is 12.0. The maximum absolute atomic E-state index is 4.07. The first kappa shape index (κ1) is 15.2. The molecule has 1 unspecified atom stereocenters. The van der Waals surface area contributed by atoms with Crippen molar-refractivity contribution in [1.82, 2.24) is 10.3 Å². The standard InChI is InChI=1S/C16H28N2/c1-3-5-6-7-16(18-12-4-2)9-8-15-10-13-17-14-11-15/h10-11,13-14,16,18H,3-9,12H2,1-2H3. The average Bonchev–Trinajstić information content (AvgIpc) is 2.42. The van der Waals surface area contributed by atoms with Crippen LogP contribution in [-0.2, 0) is 6.42 Å². The summed E-state index contributed by atoms with van der Waals surface area (Å²) in [5, 5.41) is 3.68. The Hall–Kier alpha value is -0.890. The number of nitrogens with zero attached hydrogens (tertiary/aromatic N) is 1. The summed E-state index contributed by atoms with van der Waals surface area (Å²) in [5.41, 5.74) is 1.41. The Morgan fingerprint density at radius 3 is 2.50 bits per heavy atom. The fourth-order valence-electron chi connectivity index (χ4n) is 2.23. The molecule has 0 aliphatic carbocycles. The average molecular weight is 248 g/mol. The summed E-state index contributed by atoms with van der Waals surface area (Å²) in [6.45, 7) is 5.65. The van der Waals surface area contributed by atoms with Crippen molar-refractivity contribution in [2.24, 2.45) is 0 Å². The molecule has 0 aromatic carbocycles. The van der Waals surface area contributed by atoms with Crippen molar-refractivity contribution in [3.05, 3.63) is 30.1 Å². The fourth-order valence-corrected chi connectivity index (χ4v) is 2.23. The SMILES string of the molecule is CCCCCC(CCc1ccncc1)NCCC. The summed E-state index contributed by atoms with van der Waals surface area (Å²) < 4.78 is 0. The Morgan fingerprint density at radius 2 is 1.83 bits per heavy atom. The van der Waals surface area contributed by atoms with E-state index in [0.717, 1.165) is 13.0 Å². The lowest BCUT2D eigenvalue weighted by Crippen LogP contribution is -2.30. The van der Waals surface area contributed by atoms with Gasteiger partial charge in [-0.25, -0.2) is 0 Å². The summed E-state index contributed by atoms with van der Waals surface area (Å²) in [6.07, 6.45) is 12.8. The molecule has 0 fully saturated rings. The van der Waals surface area contributed by atoms with Gasteiger partial charge in [-0.05, 0) is 49.9 Å². The minimum Gasteiger partial charge on any atom is -0.314 e. The molecule has 0 aliphatic rings. The molecule has 0 spiro atoms. The van der Waals surface area contributed by atoms with Crippen LogP contribution in [0.1, 0.15) is 57.9 Å². The van der Waals surface area contributed by atoms with Crippen molar-refractivity contribution < 1.29 is 0 Å². The van der Waals surface area contributed by atoms with Crippen LogP contribution in [0.25, 0.3) is 0 Å². The number of hydrogen-bond donors (Lipinski definition) is 1. The predicted octanol–water partition coefficient (Wildman–Crippen LogP) is 3.96. The number of unbranched alkanes of at least 4 members (excludes halogenated alkanes) is 2. The van der Waals surface area contributed by atoms with Crippen molar-refractivity contribution >= 4 is 0 Å². The van der Waals surface area contributed by atoms with Crippen LogP contribution in [0.3, 0.4) is 0 Å². The Kier molecular flexibility index (Phi) is 8.49. The Bertz CT molecular complexity index is 284. The van der Waals surface area contributed by atoms with E-state index >= 15 is 0 Å². The van der Waals surface area contributed by atoms with Crippen molar-refractivity contribution in [2.45, 2.75) is 64.8 Å².